The SMILES string of the molecule is CC(C)(C)OC(=O)N1CCCC[C@H]1C(=O)Nc1cccnc1. The van der Waals surface area contributed by atoms with Gasteiger partial charge in [0.1, 0.15) is 11.6 Å². The summed E-state index contributed by atoms with van der Waals surface area (Å²) in [7, 11) is 0. The van der Waals surface area contributed by atoms with E-state index in [1.165, 1.54) is 4.90 Å². The lowest BCUT2D eigenvalue weighted by Crippen LogP contribution is -2.51. The van der Waals surface area contributed by atoms with Gasteiger partial charge in [0.15, 0.2) is 0 Å². The van der Waals surface area contributed by atoms with Gasteiger partial charge in [-0.05, 0) is 52.2 Å². The van der Waals surface area contributed by atoms with Crippen molar-refractivity contribution in [2.75, 3.05) is 11.9 Å². The standard InChI is InChI=1S/C16H23N3O3/c1-16(2,3)22-15(21)19-10-5-4-8-13(19)14(20)18-12-7-6-9-17-11-12/h6-7,9,11,13H,4-5,8,10H2,1-3H3,(H,18,20)/t13-/m0/s1. The zero-order chi connectivity index (χ0) is 16.2. The molecule has 120 valence electrons. The summed E-state index contributed by atoms with van der Waals surface area (Å²) in [6.45, 7) is 6.00. The number of anilines is 1. The van der Waals surface area contributed by atoms with Gasteiger partial charge in [-0.1, -0.05) is 0 Å². The second kappa shape index (κ2) is 6.77. The van der Waals surface area contributed by atoms with Crippen molar-refractivity contribution in [3.05, 3.63) is 24.5 Å². The lowest BCUT2D eigenvalue weighted by Gasteiger charge is -2.35. The van der Waals surface area contributed by atoms with Crippen LogP contribution >= 0.6 is 0 Å². The lowest BCUT2D eigenvalue weighted by molar-refractivity contribution is -0.122. The minimum absolute atomic E-state index is 0.196. The van der Waals surface area contributed by atoms with Crippen molar-refractivity contribution in [3.8, 4) is 0 Å². The molecule has 6 nitrogen and oxygen atoms in total. The number of carbonyl (C=O) groups excluding carboxylic acids is 2. The van der Waals surface area contributed by atoms with Crippen LogP contribution in [0.15, 0.2) is 24.5 Å². The van der Waals surface area contributed by atoms with Crippen molar-refractivity contribution >= 4 is 17.7 Å². The zero-order valence-electron chi connectivity index (χ0n) is 13.3. The largest absolute Gasteiger partial charge is 0.444 e. The summed E-state index contributed by atoms with van der Waals surface area (Å²) in [5.74, 6) is -0.196. The molecular formula is C16H23N3O3. The van der Waals surface area contributed by atoms with Gasteiger partial charge >= 0.3 is 6.09 Å². The number of ether oxygens (including phenoxy) is 1. The van der Waals surface area contributed by atoms with Crippen molar-refractivity contribution in [2.45, 2.75) is 51.7 Å². The van der Waals surface area contributed by atoms with Crippen LogP contribution in [-0.4, -0.2) is 40.1 Å². The highest BCUT2D eigenvalue weighted by molar-refractivity contribution is 5.96. The number of rotatable bonds is 2. The predicted molar refractivity (Wildman–Crippen MR) is 83.4 cm³/mol. The molecule has 2 amide bonds. The first-order valence-electron chi connectivity index (χ1n) is 7.57. The average Bonchev–Trinajstić information content (AvgIpc) is 2.46. The fraction of sp³-hybridized carbons (Fsp3) is 0.562. The van der Waals surface area contributed by atoms with Crippen LogP contribution in [0.2, 0.25) is 0 Å². The molecular weight excluding hydrogens is 282 g/mol. The van der Waals surface area contributed by atoms with Crippen LogP contribution in [0.1, 0.15) is 40.0 Å². The number of pyridine rings is 1. The molecule has 1 aliphatic rings. The maximum Gasteiger partial charge on any atom is 0.410 e. The van der Waals surface area contributed by atoms with E-state index in [1.807, 2.05) is 20.8 Å². The zero-order valence-corrected chi connectivity index (χ0v) is 13.3. The fourth-order valence-corrected chi connectivity index (χ4v) is 2.41. The van der Waals surface area contributed by atoms with E-state index in [4.69, 9.17) is 4.74 Å². The Morgan fingerprint density at radius 2 is 2.14 bits per heavy atom. The quantitative estimate of drug-likeness (QED) is 0.912. The van der Waals surface area contributed by atoms with Gasteiger partial charge in [-0.2, -0.15) is 0 Å². The first kappa shape index (κ1) is 16.3. The van der Waals surface area contributed by atoms with Crippen molar-refractivity contribution < 1.29 is 14.3 Å². The second-order valence-corrected chi connectivity index (χ2v) is 6.42. The van der Waals surface area contributed by atoms with Crippen LogP contribution in [0.25, 0.3) is 0 Å². The Morgan fingerprint density at radius 1 is 1.36 bits per heavy atom. The van der Waals surface area contributed by atoms with E-state index in [9.17, 15) is 9.59 Å². The van der Waals surface area contributed by atoms with Gasteiger partial charge in [-0.15, -0.1) is 0 Å². The predicted octanol–water partition coefficient (Wildman–Crippen LogP) is 2.81. The molecule has 22 heavy (non-hydrogen) atoms. The van der Waals surface area contributed by atoms with E-state index in [-0.39, 0.29) is 5.91 Å². The molecule has 2 heterocycles. The summed E-state index contributed by atoms with van der Waals surface area (Å²) in [5.41, 5.74) is 0.0565. The summed E-state index contributed by atoms with van der Waals surface area (Å²) < 4.78 is 5.40. The molecule has 1 atom stereocenters. The van der Waals surface area contributed by atoms with Crippen LogP contribution in [-0.2, 0) is 9.53 Å². The molecule has 1 fully saturated rings. The number of nitrogens with zero attached hydrogens (tertiary/aromatic N) is 2. The van der Waals surface area contributed by atoms with Crippen molar-refractivity contribution in [2.24, 2.45) is 0 Å². The third kappa shape index (κ3) is 4.44. The highest BCUT2D eigenvalue weighted by Gasteiger charge is 2.34. The summed E-state index contributed by atoms with van der Waals surface area (Å²) in [6.07, 6.45) is 5.24. The van der Waals surface area contributed by atoms with Gasteiger partial charge in [0.25, 0.3) is 0 Å². The average molecular weight is 305 g/mol. The normalized spacial score (nSPS) is 18.7. The van der Waals surface area contributed by atoms with E-state index in [0.717, 1.165) is 12.8 Å². The third-order valence-electron chi connectivity index (χ3n) is 3.36. The monoisotopic (exact) mass is 305 g/mol. The molecule has 0 aromatic carbocycles. The number of likely N-dealkylation sites (tertiary alicyclic amines) is 1. The number of hydrogen-bond donors (Lipinski definition) is 1. The van der Waals surface area contributed by atoms with Gasteiger partial charge in [-0.3, -0.25) is 14.7 Å². The Hall–Kier alpha value is -2.11. The molecule has 6 heteroatoms. The molecule has 0 bridgehead atoms. The Morgan fingerprint density at radius 3 is 2.77 bits per heavy atom. The van der Waals surface area contributed by atoms with Crippen molar-refractivity contribution in [1.82, 2.24) is 9.88 Å². The van der Waals surface area contributed by atoms with E-state index in [2.05, 4.69) is 10.3 Å². The Kier molecular flexibility index (Phi) is 5.00. The third-order valence-corrected chi connectivity index (χ3v) is 3.36. The Bertz CT molecular complexity index is 525. The van der Waals surface area contributed by atoms with E-state index >= 15 is 0 Å². The molecule has 1 aromatic rings. The first-order valence-corrected chi connectivity index (χ1v) is 7.57. The van der Waals surface area contributed by atoms with E-state index in [0.29, 0.717) is 18.7 Å². The highest BCUT2D eigenvalue weighted by Crippen LogP contribution is 2.21. The fourth-order valence-electron chi connectivity index (χ4n) is 2.41. The van der Waals surface area contributed by atoms with Gasteiger partial charge < -0.3 is 10.1 Å². The topological polar surface area (TPSA) is 71.5 Å². The Balaban J connectivity index is 2.05. The molecule has 0 radical (unpaired) electrons. The number of amides is 2. The molecule has 1 saturated heterocycles. The van der Waals surface area contributed by atoms with Crippen LogP contribution in [0.3, 0.4) is 0 Å². The first-order chi connectivity index (χ1) is 10.4. The summed E-state index contributed by atoms with van der Waals surface area (Å²) in [6, 6.07) is 3.03. The molecule has 1 aliphatic heterocycles. The summed E-state index contributed by atoms with van der Waals surface area (Å²) in [5, 5.41) is 2.81. The molecule has 1 aromatic heterocycles. The van der Waals surface area contributed by atoms with E-state index in [1.54, 1.807) is 24.5 Å². The number of aromatic nitrogens is 1. The number of hydrogen-bond acceptors (Lipinski definition) is 4. The second-order valence-electron chi connectivity index (χ2n) is 6.42. The number of carbonyl (C=O) groups is 2. The maximum atomic E-state index is 12.5. The van der Waals surface area contributed by atoms with Crippen molar-refractivity contribution in [3.63, 3.8) is 0 Å². The Labute approximate surface area is 130 Å². The molecule has 0 unspecified atom stereocenters. The molecule has 1 N–H and O–H groups in total. The van der Waals surface area contributed by atoms with Gasteiger partial charge in [0, 0.05) is 12.7 Å². The van der Waals surface area contributed by atoms with Gasteiger partial charge in [0.05, 0.1) is 11.9 Å². The summed E-state index contributed by atoms with van der Waals surface area (Å²) in [4.78, 5) is 30.2. The highest BCUT2D eigenvalue weighted by atomic mass is 16.6. The van der Waals surface area contributed by atoms with Crippen molar-refractivity contribution in [1.29, 1.82) is 0 Å². The number of nitrogens with one attached hydrogen (secondary N) is 1. The minimum Gasteiger partial charge on any atom is -0.444 e. The molecule has 0 spiro atoms. The van der Waals surface area contributed by atoms with Crippen LogP contribution in [0.5, 0.6) is 0 Å². The molecule has 0 saturated carbocycles. The maximum absolute atomic E-state index is 12.5. The number of piperidine rings is 1. The van der Waals surface area contributed by atoms with Crippen LogP contribution in [0.4, 0.5) is 10.5 Å². The molecule has 2 rings (SSSR count). The van der Waals surface area contributed by atoms with E-state index < -0.39 is 17.7 Å². The minimum atomic E-state index is -0.571. The van der Waals surface area contributed by atoms with Crippen LogP contribution in [0, 0.1) is 0 Å². The lowest BCUT2D eigenvalue weighted by atomic mass is 10.0. The summed E-state index contributed by atoms with van der Waals surface area (Å²) >= 11 is 0. The smallest absolute Gasteiger partial charge is 0.410 e. The molecule has 0 aliphatic carbocycles. The van der Waals surface area contributed by atoms with Crippen LogP contribution < -0.4 is 5.32 Å². The van der Waals surface area contributed by atoms with Gasteiger partial charge in [-0.25, -0.2) is 4.79 Å². The van der Waals surface area contributed by atoms with Gasteiger partial charge in [0.2, 0.25) is 5.91 Å².